The van der Waals surface area contributed by atoms with Gasteiger partial charge in [0.15, 0.2) is 5.65 Å². The molecule has 0 atom stereocenters. The van der Waals surface area contributed by atoms with Gasteiger partial charge in [-0.25, -0.2) is 4.98 Å². The van der Waals surface area contributed by atoms with Gasteiger partial charge in [0, 0.05) is 18.8 Å². The van der Waals surface area contributed by atoms with Crippen LogP contribution in [-0.4, -0.2) is 48.7 Å². The van der Waals surface area contributed by atoms with Gasteiger partial charge in [-0.2, -0.15) is 0 Å². The topological polar surface area (TPSA) is 80.4 Å². The highest BCUT2D eigenvalue weighted by atomic mass is 35.5. The highest BCUT2D eigenvalue weighted by Gasteiger charge is 2.60. The second kappa shape index (κ2) is 7.43. The lowest BCUT2D eigenvalue weighted by Crippen LogP contribution is -2.51. The Labute approximate surface area is 196 Å². The molecule has 3 aliphatic rings. The SMILES string of the molecule is O=C(N1CCC(O)(Cn2cnc3c(cc(Cl)n3-c3ccccc3)c2=O)CC1)C1(C2CC2)CC1. The molecule has 1 aromatic carbocycles. The van der Waals surface area contributed by atoms with Crippen LogP contribution in [0.1, 0.15) is 38.5 Å². The number of hydrogen-bond acceptors (Lipinski definition) is 4. The summed E-state index contributed by atoms with van der Waals surface area (Å²) in [7, 11) is 0. The van der Waals surface area contributed by atoms with E-state index in [1.165, 1.54) is 23.7 Å². The minimum absolute atomic E-state index is 0.0907. The third-order valence-corrected chi connectivity index (χ3v) is 8.05. The van der Waals surface area contributed by atoms with E-state index in [-0.39, 0.29) is 23.4 Å². The number of rotatable bonds is 5. The summed E-state index contributed by atoms with van der Waals surface area (Å²) >= 11 is 6.45. The number of benzene rings is 1. The average Bonchev–Trinajstić information content (AvgIpc) is 3.72. The first-order chi connectivity index (χ1) is 15.9. The van der Waals surface area contributed by atoms with E-state index in [9.17, 15) is 14.7 Å². The van der Waals surface area contributed by atoms with Crippen LogP contribution in [-0.2, 0) is 11.3 Å². The van der Waals surface area contributed by atoms with E-state index >= 15 is 0 Å². The predicted octanol–water partition coefficient (Wildman–Crippen LogP) is 3.38. The van der Waals surface area contributed by atoms with Crippen molar-refractivity contribution >= 4 is 28.5 Å². The molecule has 1 aliphatic heterocycles. The minimum atomic E-state index is -1.04. The van der Waals surface area contributed by atoms with Gasteiger partial charge in [-0.05, 0) is 62.6 Å². The fourth-order valence-electron chi connectivity index (χ4n) is 5.50. The van der Waals surface area contributed by atoms with Gasteiger partial charge >= 0.3 is 0 Å². The van der Waals surface area contributed by atoms with Crippen molar-refractivity contribution in [3.8, 4) is 5.69 Å². The summed E-state index contributed by atoms with van der Waals surface area (Å²) in [6.45, 7) is 1.22. The van der Waals surface area contributed by atoms with Crippen molar-refractivity contribution in [1.29, 1.82) is 0 Å². The van der Waals surface area contributed by atoms with Crippen LogP contribution in [0, 0.1) is 11.3 Å². The zero-order valence-corrected chi connectivity index (χ0v) is 19.2. The number of aromatic nitrogens is 3. The lowest BCUT2D eigenvalue weighted by Gasteiger charge is -2.39. The monoisotopic (exact) mass is 466 g/mol. The van der Waals surface area contributed by atoms with Gasteiger partial charge in [-0.1, -0.05) is 29.8 Å². The Morgan fingerprint density at radius 3 is 2.45 bits per heavy atom. The molecule has 1 saturated heterocycles. The summed E-state index contributed by atoms with van der Waals surface area (Å²) in [6, 6.07) is 11.2. The third kappa shape index (κ3) is 3.49. The van der Waals surface area contributed by atoms with Crippen LogP contribution in [0.25, 0.3) is 16.7 Å². The Morgan fingerprint density at radius 2 is 1.82 bits per heavy atom. The summed E-state index contributed by atoms with van der Waals surface area (Å²) in [5.41, 5.74) is -0.0359. The molecule has 0 unspecified atom stereocenters. The van der Waals surface area contributed by atoms with Crippen molar-refractivity contribution in [1.82, 2.24) is 19.0 Å². The first-order valence-corrected chi connectivity index (χ1v) is 12.1. The van der Waals surface area contributed by atoms with Crippen molar-refractivity contribution in [3.05, 3.63) is 58.2 Å². The molecule has 3 aromatic rings. The van der Waals surface area contributed by atoms with Gasteiger partial charge in [0.05, 0.1) is 22.9 Å². The van der Waals surface area contributed by atoms with Crippen molar-refractivity contribution < 1.29 is 9.90 Å². The normalized spacial score (nSPS) is 21.3. The van der Waals surface area contributed by atoms with Crippen molar-refractivity contribution in [2.24, 2.45) is 11.3 Å². The Hall–Kier alpha value is -2.64. The zero-order valence-electron chi connectivity index (χ0n) is 18.4. The second-order valence-corrected chi connectivity index (χ2v) is 10.4. The minimum Gasteiger partial charge on any atom is -0.388 e. The molecule has 0 bridgehead atoms. The van der Waals surface area contributed by atoms with Crippen LogP contribution in [0.4, 0.5) is 0 Å². The number of carbonyl (C=O) groups is 1. The van der Waals surface area contributed by atoms with Gasteiger partial charge < -0.3 is 10.0 Å². The Balaban J connectivity index is 1.21. The van der Waals surface area contributed by atoms with Crippen LogP contribution < -0.4 is 5.56 Å². The molecule has 172 valence electrons. The Morgan fingerprint density at radius 1 is 1.12 bits per heavy atom. The lowest BCUT2D eigenvalue weighted by atomic mass is 9.89. The number of carbonyl (C=O) groups excluding carboxylic acids is 1. The quantitative estimate of drug-likeness (QED) is 0.625. The number of likely N-dealkylation sites (tertiary alicyclic amines) is 1. The highest BCUT2D eigenvalue weighted by Crippen LogP contribution is 2.62. The molecule has 1 amide bonds. The molecule has 6 rings (SSSR count). The van der Waals surface area contributed by atoms with E-state index < -0.39 is 5.60 Å². The van der Waals surface area contributed by atoms with E-state index in [2.05, 4.69) is 4.98 Å². The van der Waals surface area contributed by atoms with E-state index in [0.717, 1.165) is 18.5 Å². The summed E-state index contributed by atoms with van der Waals surface area (Å²) in [6.07, 6.45) is 6.79. The fraction of sp³-hybridized carbons (Fsp3) is 0.480. The van der Waals surface area contributed by atoms with Crippen molar-refractivity contribution in [2.45, 2.75) is 50.7 Å². The molecule has 2 saturated carbocycles. The molecule has 3 heterocycles. The predicted molar refractivity (Wildman–Crippen MR) is 125 cm³/mol. The standard InChI is InChI=1S/C25H27ClN4O3/c26-20-14-19-21(30(20)18-4-2-1-3-5-18)27-16-29(22(19)31)15-24(33)10-12-28(13-11-24)23(32)25(8-9-25)17-6-7-17/h1-5,14,16-17,33H,6-13,15H2. The van der Waals surface area contributed by atoms with Crippen molar-refractivity contribution in [2.75, 3.05) is 13.1 Å². The molecule has 0 spiro atoms. The Kier molecular flexibility index (Phi) is 4.72. The molecule has 33 heavy (non-hydrogen) atoms. The molecule has 0 radical (unpaired) electrons. The zero-order chi connectivity index (χ0) is 22.8. The number of fused-ring (bicyclic) bond motifs is 1. The number of para-hydroxylation sites is 1. The first-order valence-electron chi connectivity index (χ1n) is 11.7. The number of aliphatic hydroxyl groups is 1. The van der Waals surface area contributed by atoms with Crippen LogP contribution in [0.3, 0.4) is 0 Å². The molecule has 8 heteroatoms. The van der Waals surface area contributed by atoms with Gasteiger partial charge in [0.25, 0.3) is 5.56 Å². The van der Waals surface area contributed by atoms with Crippen LogP contribution in [0.2, 0.25) is 5.15 Å². The molecule has 2 aromatic heterocycles. The summed E-state index contributed by atoms with van der Waals surface area (Å²) in [5.74, 6) is 0.862. The lowest BCUT2D eigenvalue weighted by molar-refractivity contribution is -0.142. The first kappa shape index (κ1) is 20.9. The van der Waals surface area contributed by atoms with Crippen LogP contribution >= 0.6 is 11.6 Å². The number of hydrogen-bond donors (Lipinski definition) is 1. The van der Waals surface area contributed by atoms with Gasteiger partial charge in [-0.3, -0.25) is 18.7 Å². The van der Waals surface area contributed by atoms with Gasteiger partial charge in [0.2, 0.25) is 5.91 Å². The summed E-state index contributed by atoms with van der Waals surface area (Å²) in [5, 5.41) is 12.1. The highest BCUT2D eigenvalue weighted by molar-refractivity contribution is 6.31. The molecule has 1 N–H and O–H groups in total. The Bertz CT molecular complexity index is 1280. The second-order valence-electron chi connectivity index (χ2n) is 10.00. The van der Waals surface area contributed by atoms with E-state index in [0.29, 0.717) is 48.0 Å². The molecule has 3 fully saturated rings. The smallest absolute Gasteiger partial charge is 0.262 e. The largest absolute Gasteiger partial charge is 0.388 e. The maximum absolute atomic E-state index is 13.2. The number of nitrogens with zero attached hydrogens (tertiary/aromatic N) is 4. The molecule has 7 nitrogen and oxygen atoms in total. The number of piperidine rings is 1. The van der Waals surface area contributed by atoms with Gasteiger partial charge in [-0.15, -0.1) is 0 Å². The maximum atomic E-state index is 13.2. The molecular formula is C25H27ClN4O3. The van der Waals surface area contributed by atoms with E-state index in [1.54, 1.807) is 10.6 Å². The van der Waals surface area contributed by atoms with Gasteiger partial charge in [0.1, 0.15) is 11.5 Å². The third-order valence-electron chi connectivity index (χ3n) is 7.77. The fourth-order valence-corrected chi connectivity index (χ4v) is 5.79. The van der Waals surface area contributed by atoms with E-state index in [4.69, 9.17) is 11.6 Å². The van der Waals surface area contributed by atoms with Crippen LogP contribution in [0.5, 0.6) is 0 Å². The van der Waals surface area contributed by atoms with E-state index in [1.807, 2.05) is 35.2 Å². The average molecular weight is 467 g/mol. The molecular weight excluding hydrogens is 440 g/mol. The summed E-state index contributed by atoms with van der Waals surface area (Å²) in [4.78, 5) is 32.7. The van der Waals surface area contributed by atoms with Crippen molar-refractivity contribution in [3.63, 3.8) is 0 Å². The number of halogens is 1. The molecule has 2 aliphatic carbocycles. The summed E-state index contributed by atoms with van der Waals surface area (Å²) < 4.78 is 3.22. The number of amides is 1. The maximum Gasteiger partial charge on any atom is 0.262 e. The van der Waals surface area contributed by atoms with Crippen LogP contribution in [0.15, 0.2) is 47.5 Å².